The van der Waals surface area contributed by atoms with Crippen molar-refractivity contribution in [3.05, 3.63) is 58.9 Å². The van der Waals surface area contributed by atoms with Gasteiger partial charge in [-0.2, -0.15) is 0 Å². The molecule has 0 saturated carbocycles. The summed E-state index contributed by atoms with van der Waals surface area (Å²) >= 11 is 5.71. The van der Waals surface area contributed by atoms with Crippen molar-refractivity contribution in [1.29, 1.82) is 0 Å². The van der Waals surface area contributed by atoms with Gasteiger partial charge in [0.25, 0.3) is 0 Å². The number of hydrogen-bond acceptors (Lipinski definition) is 3. The first-order valence-electron chi connectivity index (χ1n) is 6.22. The number of nitrogens with two attached hydrogens (primary N) is 1. The van der Waals surface area contributed by atoms with Gasteiger partial charge >= 0.3 is 5.97 Å². The minimum absolute atomic E-state index is 0.0868. The number of carboxylic acid groups (broad SMARTS) is 1. The molecule has 2 aromatic rings. The number of hydrogen-bond donors (Lipinski definition) is 2. The van der Waals surface area contributed by atoms with Crippen molar-refractivity contribution in [2.75, 3.05) is 17.2 Å². The number of nitrogen functional groups attached to an aromatic ring is 1. The van der Waals surface area contributed by atoms with Crippen LogP contribution in [0, 0.1) is 5.82 Å². The van der Waals surface area contributed by atoms with Gasteiger partial charge in [-0.25, -0.2) is 4.39 Å². The highest BCUT2D eigenvalue weighted by Crippen LogP contribution is 2.25. The number of rotatable bonds is 5. The molecule has 0 saturated heterocycles. The van der Waals surface area contributed by atoms with E-state index in [1.54, 1.807) is 30.3 Å². The van der Waals surface area contributed by atoms with E-state index in [4.69, 9.17) is 22.4 Å². The van der Waals surface area contributed by atoms with E-state index in [-0.39, 0.29) is 13.1 Å². The first kappa shape index (κ1) is 15.1. The van der Waals surface area contributed by atoms with Gasteiger partial charge in [-0.1, -0.05) is 29.8 Å². The zero-order valence-electron chi connectivity index (χ0n) is 11.1. The number of halogens is 2. The highest BCUT2D eigenvalue weighted by molar-refractivity contribution is 6.30. The first-order valence-corrected chi connectivity index (χ1v) is 6.60. The van der Waals surface area contributed by atoms with E-state index >= 15 is 0 Å². The number of nitrogens with zero attached hydrogens (tertiary/aromatic N) is 1. The van der Waals surface area contributed by atoms with E-state index in [0.717, 1.165) is 0 Å². The van der Waals surface area contributed by atoms with Crippen molar-refractivity contribution in [3.63, 3.8) is 0 Å². The molecule has 4 nitrogen and oxygen atoms in total. The number of carbonyl (C=O) groups is 1. The van der Waals surface area contributed by atoms with E-state index in [2.05, 4.69) is 0 Å². The Hall–Kier alpha value is -2.27. The van der Waals surface area contributed by atoms with Crippen molar-refractivity contribution in [1.82, 2.24) is 0 Å². The minimum Gasteiger partial charge on any atom is -0.480 e. The Balaban J connectivity index is 2.33. The van der Waals surface area contributed by atoms with Crippen LogP contribution in [0.4, 0.5) is 15.8 Å². The summed E-state index contributed by atoms with van der Waals surface area (Å²) in [6, 6.07) is 11.2. The smallest absolute Gasteiger partial charge is 0.323 e. The SMILES string of the molecule is Nc1ccccc1N(CC(=O)O)Cc1ccc(Cl)cc1F. The molecule has 0 aromatic heterocycles. The van der Waals surface area contributed by atoms with Crippen molar-refractivity contribution in [2.45, 2.75) is 6.54 Å². The molecule has 6 heteroatoms. The molecule has 21 heavy (non-hydrogen) atoms. The summed E-state index contributed by atoms with van der Waals surface area (Å²) in [6.45, 7) is -0.195. The van der Waals surface area contributed by atoms with Crippen molar-refractivity contribution < 1.29 is 14.3 Å². The molecule has 0 aliphatic rings. The Morgan fingerprint density at radius 2 is 2.00 bits per heavy atom. The van der Waals surface area contributed by atoms with Gasteiger partial charge in [0.05, 0.1) is 11.4 Å². The first-order chi connectivity index (χ1) is 9.97. The minimum atomic E-state index is -1.02. The van der Waals surface area contributed by atoms with Crippen LogP contribution in [0.15, 0.2) is 42.5 Å². The van der Waals surface area contributed by atoms with Crippen molar-refractivity contribution >= 4 is 28.9 Å². The molecule has 2 rings (SSSR count). The number of para-hydroxylation sites is 2. The molecule has 3 N–H and O–H groups in total. The Kier molecular flexibility index (Phi) is 4.65. The van der Waals surface area contributed by atoms with E-state index < -0.39 is 11.8 Å². The molecular formula is C15H14ClFN2O2. The van der Waals surface area contributed by atoms with Crippen LogP contribution in [0.5, 0.6) is 0 Å². The topological polar surface area (TPSA) is 66.6 Å². The highest BCUT2D eigenvalue weighted by Gasteiger charge is 2.15. The van der Waals surface area contributed by atoms with Crippen LogP contribution in [0.1, 0.15) is 5.56 Å². The molecule has 110 valence electrons. The lowest BCUT2D eigenvalue weighted by Crippen LogP contribution is -2.30. The predicted molar refractivity (Wildman–Crippen MR) is 81.0 cm³/mol. The Morgan fingerprint density at radius 1 is 1.29 bits per heavy atom. The number of aliphatic carboxylic acids is 1. The van der Waals surface area contributed by atoms with Crippen LogP contribution >= 0.6 is 11.6 Å². The normalized spacial score (nSPS) is 10.4. The van der Waals surface area contributed by atoms with Crippen LogP contribution in [-0.4, -0.2) is 17.6 Å². The lowest BCUT2D eigenvalue weighted by Gasteiger charge is -2.24. The fourth-order valence-electron chi connectivity index (χ4n) is 2.02. The van der Waals surface area contributed by atoms with E-state index in [0.29, 0.717) is 22.0 Å². The second-order valence-electron chi connectivity index (χ2n) is 4.54. The molecule has 0 atom stereocenters. The fourth-order valence-corrected chi connectivity index (χ4v) is 2.18. The third-order valence-corrected chi connectivity index (χ3v) is 3.21. The largest absolute Gasteiger partial charge is 0.480 e. The molecule has 0 radical (unpaired) electrons. The number of benzene rings is 2. The van der Waals surface area contributed by atoms with E-state index in [9.17, 15) is 9.18 Å². The van der Waals surface area contributed by atoms with Crippen molar-refractivity contribution in [2.24, 2.45) is 0 Å². The molecule has 0 aliphatic carbocycles. The fraction of sp³-hybridized carbons (Fsp3) is 0.133. The van der Waals surface area contributed by atoms with Crippen molar-refractivity contribution in [3.8, 4) is 0 Å². The molecule has 0 amide bonds. The third-order valence-electron chi connectivity index (χ3n) is 2.98. The Morgan fingerprint density at radius 3 is 2.62 bits per heavy atom. The summed E-state index contributed by atoms with van der Waals surface area (Å²) in [6.07, 6.45) is 0. The number of anilines is 2. The monoisotopic (exact) mass is 308 g/mol. The van der Waals surface area contributed by atoms with Gasteiger partial charge in [0.2, 0.25) is 0 Å². The Bertz CT molecular complexity index is 664. The maximum Gasteiger partial charge on any atom is 0.323 e. The van der Waals surface area contributed by atoms with Crippen LogP contribution in [0.2, 0.25) is 5.02 Å². The Labute approximate surface area is 126 Å². The predicted octanol–water partition coefficient (Wildman–Crippen LogP) is 3.15. The summed E-state index contributed by atoms with van der Waals surface area (Å²) in [7, 11) is 0. The summed E-state index contributed by atoms with van der Waals surface area (Å²) in [5.74, 6) is -1.50. The molecule has 0 aliphatic heterocycles. The quantitative estimate of drug-likeness (QED) is 0.833. The summed E-state index contributed by atoms with van der Waals surface area (Å²) in [5, 5.41) is 9.32. The van der Waals surface area contributed by atoms with Crippen LogP contribution in [-0.2, 0) is 11.3 Å². The standard InChI is InChI=1S/C15H14ClFN2O2/c16-11-6-5-10(12(17)7-11)8-19(9-15(20)21)14-4-2-1-3-13(14)18/h1-7H,8-9,18H2,(H,20,21). The molecule has 0 heterocycles. The molecule has 2 aromatic carbocycles. The van der Waals surface area contributed by atoms with Crippen LogP contribution in [0.25, 0.3) is 0 Å². The van der Waals surface area contributed by atoms with Gasteiger partial charge < -0.3 is 15.7 Å². The molecule has 0 fully saturated rings. The van der Waals surface area contributed by atoms with Gasteiger partial charge in [0.1, 0.15) is 12.4 Å². The second-order valence-corrected chi connectivity index (χ2v) is 4.98. The van der Waals surface area contributed by atoms with Gasteiger partial charge in [-0.05, 0) is 24.3 Å². The molecule has 0 unspecified atom stereocenters. The van der Waals surface area contributed by atoms with Gasteiger partial charge in [0.15, 0.2) is 0 Å². The lowest BCUT2D eigenvalue weighted by atomic mass is 10.1. The summed E-state index contributed by atoms with van der Waals surface area (Å²) in [4.78, 5) is 12.5. The summed E-state index contributed by atoms with van der Waals surface area (Å²) < 4.78 is 13.9. The zero-order valence-corrected chi connectivity index (χ0v) is 11.8. The molecule has 0 bridgehead atoms. The molecule has 0 spiro atoms. The van der Waals surface area contributed by atoms with Gasteiger partial charge in [-0.3, -0.25) is 4.79 Å². The maximum atomic E-state index is 13.9. The maximum absolute atomic E-state index is 13.9. The van der Waals surface area contributed by atoms with Gasteiger partial charge in [0, 0.05) is 17.1 Å². The van der Waals surface area contributed by atoms with E-state index in [1.807, 2.05) is 0 Å². The highest BCUT2D eigenvalue weighted by atomic mass is 35.5. The van der Waals surface area contributed by atoms with E-state index in [1.165, 1.54) is 17.0 Å². The average molecular weight is 309 g/mol. The average Bonchev–Trinajstić information content (AvgIpc) is 2.41. The van der Waals surface area contributed by atoms with Crippen LogP contribution in [0.3, 0.4) is 0 Å². The molecular weight excluding hydrogens is 295 g/mol. The summed E-state index contributed by atoms with van der Waals surface area (Å²) in [5.41, 5.74) is 7.20. The van der Waals surface area contributed by atoms with Crippen LogP contribution < -0.4 is 10.6 Å². The number of carboxylic acids is 1. The lowest BCUT2D eigenvalue weighted by molar-refractivity contribution is -0.135. The second kappa shape index (κ2) is 6.45. The van der Waals surface area contributed by atoms with Gasteiger partial charge in [-0.15, -0.1) is 0 Å². The zero-order chi connectivity index (χ0) is 15.4. The third kappa shape index (κ3) is 3.86.